The summed E-state index contributed by atoms with van der Waals surface area (Å²) in [5, 5.41) is 0. The van der Waals surface area contributed by atoms with Crippen molar-refractivity contribution in [1.82, 2.24) is 0 Å². The monoisotopic (exact) mass is 921 g/mol. The predicted molar refractivity (Wildman–Crippen MR) is 298 cm³/mol. The first-order valence-corrected chi connectivity index (χ1v) is 25.2. The molecule has 0 saturated heterocycles. The molecule has 8 aromatic rings. The number of nitrogens with zero attached hydrogens (tertiary/aromatic N) is 2. The first-order valence-electron chi connectivity index (χ1n) is 25.2. The zero-order chi connectivity index (χ0) is 48.7. The zero-order valence-electron chi connectivity index (χ0n) is 41.6. The van der Waals surface area contributed by atoms with Crippen LogP contribution in [-0.2, 0) is 35.5 Å². The number of benzene rings is 8. The van der Waals surface area contributed by atoms with E-state index in [2.05, 4.69) is 245 Å². The molecule has 354 valence electrons. The maximum atomic E-state index is 6.47. The van der Waals surface area contributed by atoms with Gasteiger partial charge in [-0.05, 0) is 154 Å². The summed E-state index contributed by atoms with van der Waals surface area (Å²) in [6.07, 6.45) is 9.87. The highest BCUT2D eigenvalue weighted by Crippen LogP contribution is 2.40. The van der Waals surface area contributed by atoms with E-state index in [9.17, 15) is 0 Å². The Balaban J connectivity index is 1.03. The second kappa shape index (κ2) is 24.4. The quantitative estimate of drug-likeness (QED) is 0.0638. The van der Waals surface area contributed by atoms with E-state index in [-0.39, 0.29) is 12.2 Å². The van der Waals surface area contributed by atoms with E-state index in [1.54, 1.807) is 0 Å². The van der Waals surface area contributed by atoms with Gasteiger partial charge in [-0.25, -0.2) is 0 Å². The maximum Gasteiger partial charge on any atom is 0.0826 e. The fraction of sp³-hybridized carbons (Fsp3) is 0.212. The molecule has 0 bridgehead atoms. The van der Waals surface area contributed by atoms with Gasteiger partial charge in [-0.3, -0.25) is 0 Å². The molecule has 4 heteroatoms. The van der Waals surface area contributed by atoms with Crippen LogP contribution in [0.2, 0.25) is 0 Å². The van der Waals surface area contributed by atoms with Gasteiger partial charge in [0.1, 0.15) is 0 Å². The van der Waals surface area contributed by atoms with Gasteiger partial charge in [0, 0.05) is 34.1 Å². The minimum Gasteiger partial charge on any atom is -0.369 e. The van der Waals surface area contributed by atoms with Crippen molar-refractivity contribution in [2.24, 2.45) is 0 Å². The summed E-state index contributed by atoms with van der Waals surface area (Å²) in [6.45, 7) is 17.7. The second-order valence-electron chi connectivity index (χ2n) is 18.1. The van der Waals surface area contributed by atoms with Crippen LogP contribution in [0.3, 0.4) is 0 Å². The molecule has 0 fully saturated rings. The number of hydrogen-bond acceptors (Lipinski definition) is 4. The lowest BCUT2D eigenvalue weighted by molar-refractivity contribution is 0.0371. The van der Waals surface area contributed by atoms with Gasteiger partial charge < -0.3 is 19.3 Å². The molecule has 0 spiro atoms. The summed E-state index contributed by atoms with van der Waals surface area (Å²) in [7, 11) is 0. The molecule has 0 aliphatic carbocycles. The van der Waals surface area contributed by atoms with E-state index in [4.69, 9.17) is 9.47 Å². The van der Waals surface area contributed by atoms with E-state index >= 15 is 0 Å². The SMILES string of the molecule is C=Cc1ccc(COC(CC)c2ccc(N(c3ccc(CCC)cc3)c3ccc(-c4ccc(N(c5ccc(CCC)cc5)c5ccc(C(CC)OCc6ccc(C=C)cc6)cc5)cc4)cc3)cc2)cc1. The molecule has 4 nitrogen and oxygen atoms in total. The summed E-state index contributed by atoms with van der Waals surface area (Å²) in [4.78, 5) is 4.70. The topological polar surface area (TPSA) is 24.9 Å². The van der Waals surface area contributed by atoms with Crippen LogP contribution >= 0.6 is 0 Å². The van der Waals surface area contributed by atoms with Gasteiger partial charge in [0.2, 0.25) is 0 Å². The number of rotatable bonds is 23. The summed E-state index contributed by atoms with van der Waals surface area (Å²) in [6, 6.07) is 70.6. The maximum absolute atomic E-state index is 6.47. The lowest BCUT2D eigenvalue weighted by atomic mass is 10.0. The Morgan fingerprint density at radius 3 is 0.900 bits per heavy atom. The molecule has 0 saturated carbocycles. The molecule has 0 radical (unpaired) electrons. The molecule has 0 aliphatic rings. The number of hydrogen-bond donors (Lipinski definition) is 0. The first-order chi connectivity index (χ1) is 34.4. The fourth-order valence-corrected chi connectivity index (χ4v) is 9.17. The van der Waals surface area contributed by atoms with Gasteiger partial charge in [0.05, 0.1) is 25.4 Å². The van der Waals surface area contributed by atoms with E-state index < -0.39 is 0 Å². The highest BCUT2D eigenvalue weighted by Gasteiger charge is 2.18. The van der Waals surface area contributed by atoms with Gasteiger partial charge in [0.15, 0.2) is 0 Å². The number of aryl methyl sites for hydroxylation is 2. The van der Waals surface area contributed by atoms with Gasteiger partial charge in [-0.1, -0.05) is 187 Å². The van der Waals surface area contributed by atoms with Crippen LogP contribution in [0.25, 0.3) is 23.3 Å². The molecule has 0 heterocycles. The van der Waals surface area contributed by atoms with Crippen molar-refractivity contribution >= 4 is 46.3 Å². The average Bonchev–Trinajstić information content (AvgIpc) is 3.42. The Bertz CT molecular complexity index is 2650. The van der Waals surface area contributed by atoms with Crippen molar-refractivity contribution < 1.29 is 9.47 Å². The zero-order valence-corrected chi connectivity index (χ0v) is 41.6. The molecule has 8 aromatic carbocycles. The highest BCUT2D eigenvalue weighted by atomic mass is 16.5. The molecule has 70 heavy (non-hydrogen) atoms. The third kappa shape index (κ3) is 12.3. The third-order valence-electron chi connectivity index (χ3n) is 13.2. The van der Waals surface area contributed by atoms with Gasteiger partial charge >= 0.3 is 0 Å². The average molecular weight is 921 g/mol. The largest absolute Gasteiger partial charge is 0.369 e. The van der Waals surface area contributed by atoms with Crippen LogP contribution in [0.1, 0.15) is 110 Å². The smallest absolute Gasteiger partial charge is 0.0826 e. The van der Waals surface area contributed by atoms with Gasteiger partial charge in [-0.2, -0.15) is 0 Å². The molecule has 8 rings (SSSR count). The molecule has 2 unspecified atom stereocenters. The lowest BCUT2D eigenvalue weighted by Gasteiger charge is -2.27. The Labute approximate surface area is 418 Å². The molecule has 0 amide bonds. The number of anilines is 6. The molecule has 0 N–H and O–H groups in total. The van der Waals surface area contributed by atoms with E-state index in [1.165, 1.54) is 22.3 Å². The molecular weight excluding hydrogens is 853 g/mol. The predicted octanol–water partition coefficient (Wildman–Crippen LogP) is 18.8. The van der Waals surface area contributed by atoms with E-state index in [1.807, 2.05) is 12.2 Å². The molecule has 2 atom stereocenters. The highest BCUT2D eigenvalue weighted by molar-refractivity contribution is 5.81. The Morgan fingerprint density at radius 1 is 0.357 bits per heavy atom. The van der Waals surface area contributed by atoms with Crippen LogP contribution in [0.15, 0.2) is 207 Å². The molecule has 0 aromatic heterocycles. The van der Waals surface area contributed by atoms with Crippen molar-refractivity contribution in [1.29, 1.82) is 0 Å². The fourth-order valence-electron chi connectivity index (χ4n) is 9.17. The van der Waals surface area contributed by atoms with Crippen LogP contribution < -0.4 is 9.80 Å². The van der Waals surface area contributed by atoms with Gasteiger partial charge in [0.25, 0.3) is 0 Å². The summed E-state index contributed by atoms with van der Waals surface area (Å²) in [5.74, 6) is 0. The van der Waals surface area contributed by atoms with Crippen LogP contribution in [0.4, 0.5) is 34.1 Å². The standard InChI is InChI=1S/C66H68N2O2/c1-7-13-51-23-35-59(36-24-51)67(63-43-31-57(32-44-63)65(11-5)69-47-53-19-15-49(9-3)16-20-53)61-39-27-55(28-40-61)56-29-41-62(42-30-56)68(60-37-25-52(14-8-2)26-38-60)64-45-33-58(34-46-64)66(12-6)70-48-54-21-17-50(10-4)18-22-54/h9-10,15-46,65-66H,3-4,7-8,11-14,47-48H2,1-2,5-6H3. The van der Waals surface area contributed by atoms with E-state index in [0.717, 1.165) is 106 Å². The van der Waals surface area contributed by atoms with Crippen LogP contribution in [0.5, 0.6) is 0 Å². The molecular formula is C66H68N2O2. The summed E-state index contributed by atoms with van der Waals surface area (Å²) >= 11 is 0. The third-order valence-corrected chi connectivity index (χ3v) is 13.2. The lowest BCUT2D eigenvalue weighted by Crippen LogP contribution is -2.11. The number of ether oxygens (including phenoxy) is 2. The Hall–Kier alpha value is -7.24. The normalized spacial score (nSPS) is 12.0. The Kier molecular flexibility index (Phi) is 17.1. The minimum atomic E-state index is -0.00387. The van der Waals surface area contributed by atoms with Crippen molar-refractivity contribution in [3.05, 3.63) is 252 Å². The van der Waals surface area contributed by atoms with Crippen molar-refractivity contribution in [3.63, 3.8) is 0 Å². The second-order valence-corrected chi connectivity index (χ2v) is 18.1. The molecule has 0 aliphatic heterocycles. The van der Waals surface area contributed by atoms with Crippen molar-refractivity contribution in [3.8, 4) is 11.1 Å². The summed E-state index contributed by atoms with van der Waals surface area (Å²) in [5.41, 5.74) is 18.5. The Morgan fingerprint density at radius 2 is 0.629 bits per heavy atom. The van der Waals surface area contributed by atoms with Crippen LogP contribution in [0, 0.1) is 0 Å². The minimum absolute atomic E-state index is 0.00387. The van der Waals surface area contributed by atoms with Crippen molar-refractivity contribution in [2.75, 3.05) is 9.80 Å². The van der Waals surface area contributed by atoms with E-state index in [0.29, 0.717) is 13.2 Å². The first kappa shape index (κ1) is 49.2. The van der Waals surface area contributed by atoms with Crippen LogP contribution in [-0.4, -0.2) is 0 Å². The summed E-state index contributed by atoms with van der Waals surface area (Å²) < 4.78 is 12.9. The van der Waals surface area contributed by atoms with Crippen molar-refractivity contribution in [2.45, 2.75) is 91.6 Å². The van der Waals surface area contributed by atoms with Gasteiger partial charge in [-0.15, -0.1) is 0 Å².